The van der Waals surface area contributed by atoms with E-state index in [0.717, 1.165) is 36.8 Å². The lowest BCUT2D eigenvalue weighted by Gasteiger charge is -2.14. The van der Waals surface area contributed by atoms with Gasteiger partial charge in [0.25, 0.3) is 11.6 Å². The number of nitro groups is 1. The number of amides is 1. The van der Waals surface area contributed by atoms with Gasteiger partial charge in [0, 0.05) is 23.7 Å². The van der Waals surface area contributed by atoms with E-state index < -0.39 is 4.92 Å². The van der Waals surface area contributed by atoms with E-state index >= 15 is 0 Å². The van der Waals surface area contributed by atoms with Crippen molar-refractivity contribution in [3.63, 3.8) is 0 Å². The molecule has 1 saturated carbocycles. The third-order valence-corrected chi connectivity index (χ3v) is 4.43. The molecule has 25 heavy (non-hydrogen) atoms. The molecule has 0 spiro atoms. The Balaban J connectivity index is 1.89. The van der Waals surface area contributed by atoms with Gasteiger partial charge in [-0.05, 0) is 42.2 Å². The summed E-state index contributed by atoms with van der Waals surface area (Å²) in [6.07, 6.45) is 6.12. The number of nitrogens with zero attached hydrogens (tertiary/aromatic N) is 1. The van der Waals surface area contributed by atoms with Crippen LogP contribution < -0.4 is 5.32 Å². The van der Waals surface area contributed by atoms with Crippen LogP contribution in [0, 0.1) is 10.1 Å². The Labute approximate surface area is 146 Å². The fourth-order valence-electron chi connectivity index (χ4n) is 3.09. The maximum absolute atomic E-state index is 12.8. The minimum absolute atomic E-state index is 0.0359. The number of carbonyl (C=O) groups is 1. The van der Waals surface area contributed by atoms with Gasteiger partial charge >= 0.3 is 0 Å². The molecule has 2 aromatic rings. The van der Waals surface area contributed by atoms with E-state index in [2.05, 4.69) is 5.32 Å². The first-order valence-electron chi connectivity index (χ1n) is 8.46. The fourth-order valence-corrected chi connectivity index (χ4v) is 3.09. The highest BCUT2D eigenvalue weighted by Crippen LogP contribution is 2.23. The first kappa shape index (κ1) is 16.9. The topological polar surface area (TPSA) is 72.2 Å². The van der Waals surface area contributed by atoms with E-state index in [4.69, 9.17) is 0 Å². The summed E-state index contributed by atoms with van der Waals surface area (Å²) in [4.78, 5) is 23.1. The van der Waals surface area contributed by atoms with Crippen molar-refractivity contribution in [1.82, 2.24) is 5.32 Å². The molecule has 1 fully saturated rings. The second-order valence-electron chi connectivity index (χ2n) is 6.23. The number of hydrogen-bond acceptors (Lipinski definition) is 3. The molecule has 0 radical (unpaired) electrons. The van der Waals surface area contributed by atoms with Crippen molar-refractivity contribution >= 4 is 23.2 Å². The number of nitrogens with one attached hydrogen (secondary N) is 1. The Hall–Kier alpha value is -2.95. The summed E-state index contributed by atoms with van der Waals surface area (Å²) in [5.74, 6) is -0.101. The predicted octanol–water partition coefficient (Wildman–Crippen LogP) is 4.19. The van der Waals surface area contributed by atoms with Gasteiger partial charge in [0.05, 0.1) is 4.92 Å². The third kappa shape index (κ3) is 4.32. The average Bonchev–Trinajstić information content (AvgIpc) is 3.13. The van der Waals surface area contributed by atoms with Gasteiger partial charge in [-0.1, -0.05) is 43.2 Å². The molecular weight excluding hydrogens is 316 g/mol. The Morgan fingerprint density at radius 3 is 2.28 bits per heavy atom. The summed E-state index contributed by atoms with van der Waals surface area (Å²) in [6.45, 7) is 0. The van der Waals surface area contributed by atoms with Gasteiger partial charge in [0.2, 0.25) is 0 Å². The quantitative estimate of drug-likeness (QED) is 0.385. The van der Waals surface area contributed by atoms with Crippen LogP contribution in [0.15, 0.2) is 54.6 Å². The van der Waals surface area contributed by atoms with Gasteiger partial charge < -0.3 is 5.32 Å². The molecule has 1 aliphatic rings. The highest BCUT2D eigenvalue weighted by molar-refractivity contribution is 6.24. The lowest BCUT2D eigenvalue weighted by molar-refractivity contribution is -0.384. The van der Waals surface area contributed by atoms with Gasteiger partial charge in [0.15, 0.2) is 0 Å². The summed E-state index contributed by atoms with van der Waals surface area (Å²) in [6, 6.07) is 15.9. The summed E-state index contributed by atoms with van der Waals surface area (Å²) in [5.41, 5.74) is 2.19. The molecule has 1 aliphatic carbocycles. The predicted molar refractivity (Wildman–Crippen MR) is 97.8 cm³/mol. The van der Waals surface area contributed by atoms with E-state index in [1.165, 1.54) is 12.1 Å². The van der Waals surface area contributed by atoms with Crippen LogP contribution in [0.25, 0.3) is 11.6 Å². The molecular formula is C20H20N2O3. The zero-order valence-electron chi connectivity index (χ0n) is 13.9. The van der Waals surface area contributed by atoms with E-state index in [9.17, 15) is 14.9 Å². The summed E-state index contributed by atoms with van der Waals surface area (Å²) in [5, 5.41) is 13.9. The molecule has 0 atom stereocenters. The SMILES string of the molecule is O=C(NC1CCCC1)/C(=C/c1ccc([N+](=O)[O-])cc1)c1ccccc1. The molecule has 3 rings (SSSR count). The van der Waals surface area contributed by atoms with Gasteiger partial charge in [-0.2, -0.15) is 0 Å². The molecule has 1 N–H and O–H groups in total. The first-order chi connectivity index (χ1) is 12.1. The van der Waals surface area contributed by atoms with Crippen LogP contribution in [-0.2, 0) is 4.79 Å². The van der Waals surface area contributed by atoms with Gasteiger partial charge in [-0.15, -0.1) is 0 Å². The monoisotopic (exact) mass is 336 g/mol. The number of nitro benzene ring substituents is 1. The minimum Gasteiger partial charge on any atom is -0.349 e. The Bertz CT molecular complexity index is 776. The van der Waals surface area contributed by atoms with Gasteiger partial charge in [0.1, 0.15) is 0 Å². The highest BCUT2D eigenvalue weighted by atomic mass is 16.6. The van der Waals surface area contributed by atoms with Crippen molar-refractivity contribution in [2.75, 3.05) is 0 Å². The molecule has 0 heterocycles. The largest absolute Gasteiger partial charge is 0.349 e. The molecule has 2 aromatic carbocycles. The van der Waals surface area contributed by atoms with Crippen LogP contribution >= 0.6 is 0 Å². The van der Waals surface area contributed by atoms with Crippen LogP contribution in [0.5, 0.6) is 0 Å². The molecule has 0 aromatic heterocycles. The Morgan fingerprint density at radius 1 is 1.04 bits per heavy atom. The second-order valence-corrected chi connectivity index (χ2v) is 6.23. The van der Waals surface area contributed by atoms with Crippen molar-refractivity contribution in [2.24, 2.45) is 0 Å². The van der Waals surface area contributed by atoms with Gasteiger partial charge in [-0.3, -0.25) is 14.9 Å². The number of carbonyl (C=O) groups excluding carboxylic acids is 1. The van der Waals surface area contributed by atoms with Crippen molar-refractivity contribution in [3.8, 4) is 0 Å². The molecule has 0 aliphatic heterocycles. The Morgan fingerprint density at radius 2 is 1.68 bits per heavy atom. The fraction of sp³-hybridized carbons (Fsp3) is 0.250. The van der Waals surface area contributed by atoms with Crippen molar-refractivity contribution in [3.05, 3.63) is 75.8 Å². The van der Waals surface area contributed by atoms with Crippen LogP contribution in [0.1, 0.15) is 36.8 Å². The van der Waals surface area contributed by atoms with Crippen molar-refractivity contribution in [1.29, 1.82) is 0 Å². The van der Waals surface area contributed by atoms with E-state index in [1.54, 1.807) is 18.2 Å². The van der Waals surface area contributed by atoms with Crippen LogP contribution in [-0.4, -0.2) is 16.9 Å². The normalized spacial score (nSPS) is 15.1. The summed E-state index contributed by atoms with van der Waals surface area (Å²) >= 11 is 0. The molecule has 128 valence electrons. The summed E-state index contributed by atoms with van der Waals surface area (Å²) < 4.78 is 0. The smallest absolute Gasteiger partial charge is 0.269 e. The second kappa shape index (κ2) is 7.75. The molecule has 0 bridgehead atoms. The van der Waals surface area contributed by atoms with E-state index in [-0.39, 0.29) is 17.6 Å². The molecule has 5 nitrogen and oxygen atoms in total. The van der Waals surface area contributed by atoms with Crippen molar-refractivity contribution < 1.29 is 9.72 Å². The Kier molecular flexibility index (Phi) is 5.23. The average molecular weight is 336 g/mol. The molecule has 1 amide bonds. The van der Waals surface area contributed by atoms with Crippen LogP contribution in [0.4, 0.5) is 5.69 Å². The zero-order chi connectivity index (χ0) is 17.6. The molecule has 0 saturated heterocycles. The lowest BCUT2D eigenvalue weighted by Crippen LogP contribution is -2.33. The zero-order valence-corrected chi connectivity index (χ0v) is 13.9. The minimum atomic E-state index is -0.432. The maximum Gasteiger partial charge on any atom is 0.269 e. The van der Waals surface area contributed by atoms with E-state index in [1.807, 2.05) is 30.3 Å². The van der Waals surface area contributed by atoms with Gasteiger partial charge in [-0.25, -0.2) is 0 Å². The number of benzene rings is 2. The highest BCUT2D eigenvalue weighted by Gasteiger charge is 2.20. The first-order valence-corrected chi connectivity index (χ1v) is 8.46. The molecule has 5 heteroatoms. The summed E-state index contributed by atoms with van der Waals surface area (Å²) in [7, 11) is 0. The van der Waals surface area contributed by atoms with Crippen LogP contribution in [0.3, 0.4) is 0 Å². The number of rotatable bonds is 5. The maximum atomic E-state index is 12.8. The number of hydrogen-bond donors (Lipinski definition) is 1. The van der Waals surface area contributed by atoms with Crippen LogP contribution in [0.2, 0.25) is 0 Å². The number of non-ortho nitro benzene ring substituents is 1. The lowest BCUT2D eigenvalue weighted by atomic mass is 10.0. The third-order valence-electron chi connectivity index (χ3n) is 4.43. The molecule has 0 unspecified atom stereocenters. The van der Waals surface area contributed by atoms with E-state index in [0.29, 0.717) is 5.57 Å². The standard InChI is InChI=1S/C20H20N2O3/c23-20(21-17-8-4-5-9-17)19(16-6-2-1-3-7-16)14-15-10-12-18(13-11-15)22(24)25/h1-3,6-7,10-14,17H,4-5,8-9H2,(H,21,23)/b19-14+. The van der Waals surface area contributed by atoms with Crippen molar-refractivity contribution in [2.45, 2.75) is 31.7 Å².